The Balaban J connectivity index is 1.15. The van der Waals surface area contributed by atoms with Crippen LogP contribution in [0.15, 0.2) is 60.4 Å². The van der Waals surface area contributed by atoms with Crippen molar-refractivity contribution >= 4 is 39.2 Å². The van der Waals surface area contributed by atoms with Crippen LogP contribution in [0.4, 0.5) is 5.69 Å². The lowest BCUT2D eigenvalue weighted by atomic mass is 10.1. The third-order valence-corrected chi connectivity index (χ3v) is 9.28. The Hall–Kier alpha value is -3.44. The third kappa shape index (κ3) is 4.15. The van der Waals surface area contributed by atoms with Crippen molar-refractivity contribution in [2.45, 2.75) is 32.0 Å². The monoisotopic (exact) mass is 527 g/mol. The maximum Gasteiger partial charge on any atom is 0.267 e. The molecule has 7 rings (SSSR count). The Morgan fingerprint density at radius 1 is 1.22 bits per heavy atom. The van der Waals surface area contributed by atoms with E-state index in [1.54, 1.807) is 23.7 Å². The molecule has 0 spiro atoms. The topological polar surface area (TPSA) is 87.5 Å². The van der Waals surface area contributed by atoms with E-state index in [4.69, 9.17) is 4.98 Å². The molecule has 2 saturated heterocycles. The fourth-order valence-electron chi connectivity index (χ4n) is 5.34. The van der Waals surface area contributed by atoms with Gasteiger partial charge in [-0.2, -0.15) is 0 Å². The Bertz CT molecular complexity index is 1610. The summed E-state index contributed by atoms with van der Waals surface area (Å²) >= 11 is 3.04. The van der Waals surface area contributed by atoms with Gasteiger partial charge in [-0.15, -0.1) is 22.7 Å². The number of imidazole rings is 1. The first-order chi connectivity index (χ1) is 18.1. The summed E-state index contributed by atoms with van der Waals surface area (Å²) in [6, 6.07) is 12.9. The Labute approximate surface area is 222 Å². The number of aromatic nitrogens is 4. The highest BCUT2D eigenvalue weighted by Crippen LogP contribution is 2.33. The van der Waals surface area contributed by atoms with Crippen molar-refractivity contribution in [2.75, 3.05) is 18.4 Å². The van der Waals surface area contributed by atoms with E-state index in [9.17, 15) is 4.79 Å². The molecular weight excluding hydrogens is 502 g/mol. The minimum Gasteiger partial charge on any atom is -0.321 e. The number of benzene rings is 1. The number of rotatable bonds is 6. The van der Waals surface area contributed by atoms with E-state index >= 15 is 0 Å². The van der Waals surface area contributed by atoms with Crippen LogP contribution in [0.5, 0.6) is 0 Å². The van der Waals surface area contributed by atoms with Gasteiger partial charge in [-0.05, 0) is 31.5 Å². The van der Waals surface area contributed by atoms with Gasteiger partial charge >= 0.3 is 0 Å². The second-order valence-corrected chi connectivity index (χ2v) is 11.4. The highest BCUT2D eigenvalue weighted by Gasteiger charge is 2.37. The standard InChI is InChI=1S/C27H25N7OS2/c1-16-24(37-26(30-16)17-5-4-8-28-10-17)25(35)31-22-7-3-2-6-21(22)23-14-34-20(15-36-27(34)32-23)13-33-12-18-9-19(33)11-29-18/h2-8,10,14-15,18-19,29H,9,11-13H2,1H3,(H,31,35). The second kappa shape index (κ2) is 9.14. The number of fused-ring (bicyclic) bond motifs is 3. The van der Waals surface area contributed by atoms with E-state index in [1.165, 1.54) is 23.5 Å². The van der Waals surface area contributed by atoms with Crippen LogP contribution in [-0.4, -0.2) is 55.3 Å². The molecule has 1 amide bonds. The number of nitrogens with one attached hydrogen (secondary N) is 2. The molecule has 8 nitrogen and oxygen atoms in total. The summed E-state index contributed by atoms with van der Waals surface area (Å²) in [6.45, 7) is 4.99. The first-order valence-corrected chi connectivity index (χ1v) is 14.0. The molecule has 2 aliphatic heterocycles. The molecule has 2 fully saturated rings. The van der Waals surface area contributed by atoms with Crippen molar-refractivity contribution in [1.82, 2.24) is 29.6 Å². The van der Waals surface area contributed by atoms with Gasteiger partial charge in [0.05, 0.1) is 17.1 Å². The summed E-state index contributed by atoms with van der Waals surface area (Å²) in [5.74, 6) is -0.169. The van der Waals surface area contributed by atoms with E-state index < -0.39 is 0 Å². The number of hydrogen-bond acceptors (Lipinski definition) is 8. The molecule has 2 aliphatic rings. The van der Waals surface area contributed by atoms with Gasteiger partial charge in [0.15, 0.2) is 4.96 Å². The van der Waals surface area contributed by atoms with Gasteiger partial charge in [0.1, 0.15) is 9.88 Å². The highest BCUT2D eigenvalue weighted by atomic mass is 32.1. The number of anilines is 1. The summed E-state index contributed by atoms with van der Waals surface area (Å²) < 4.78 is 2.20. The van der Waals surface area contributed by atoms with Gasteiger partial charge in [-0.3, -0.25) is 19.1 Å². The average molecular weight is 528 g/mol. The number of pyridine rings is 1. The minimum atomic E-state index is -0.169. The van der Waals surface area contributed by atoms with Crippen LogP contribution in [0, 0.1) is 6.92 Å². The summed E-state index contributed by atoms with van der Waals surface area (Å²) in [4.78, 5) is 31.1. The third-order valence-electron chi connectivity index (χ3n) is 7.18. The van der Waals surface area contributed by atoms with Crippen LogP contribution in [0.2, 0.25) is 0 Å². The van der Waals surface area contributed by atoms with E-state index in [0.29, 0.717) is 22.7 Å². The molecule has 4 aromatic heterocycles. The predicted octanol–water partition coefficient (Wildman–Crippen LogP) is 4.69. The Morgan fingerprint density at radius 3 is 2.95 bits per heavy atom. The number of carbonyl (C=O) groups is 1. The number of thiazole rings is 2. The molecule has 2 atom stereocenters. The molecule has 1 aromatic carbocycles. The maximum absolute atomic E-state index is 13.3. The SMILES string of the molecule is Cc1nc(-c2cccnc2)sc1C(=O)Nc1ccccc1-c1cn2c(CN3CC4CC3CN4)csc2n1. The lowest BCUT2D eigenvalue weighted by Gasteiger charge is -2.26. The molecule has 0 saturated carbocycles. The van der Waals surface area contributed by atoms with Crippen LogP contribution >= 0.6 is 22.7 Å². The highest BCUT2D eigenvalue weighted by molar-refractivity contribution is 7.17. The number of nitrogens with zero attached hydrogens (tertiary/aromatic N) is 5. The summed E-state index contributed by atoms with van der Waals surface area (Å²) in [6.07, 6.45) is 6.83. The zero-order valence-corrected chi connectivity index (χ0v) is 21.9. The fourth-order valence-corrected chi connectivity index (χ4v) is 7.15. The first-order valence-electron chi connectivity index (χ1n) is 12.3. The molecule has 2 unspecified atom stereocenters. The Kier molecular flexibility index (Phi) is 5.62. The van der Waals surface area contributed by atoms with Crippen molar-refractivity contribution in [3.63, 3.8) is 0 Å². The zero-order chi connectivity index (χ0) is 24.9. The molecule has 2 N–H and O–H groups in total. The lowest BCUT2D eigenvalue weighted by Crippen LogP contribution is -2.43. The van der Waals surface area contributed by atoms with Gasteiger partial charge in [-0.25, -0.2) is 9.97 Å². The predicted molar refractivity (Wildman–Crippen MR) is 147 cm³/mol. The van der Waals surface area contributed by atoms with Crippen LogP contribution < -0.4 is 10.6 Å². The molecular formula is C27H25N7OS2. The number of hydrogen-bond donors (Lipinski definition) is 2. The molecule has 5 aromatic rings. The van der Waals surface area contributed by atoms with Crippen molar-refractivity contribution in [3.05, 3.63) is 76.6 Å². The normalized spacial score (nSPS) is 19.2. The quantitative estimate of drug-likeness (QED) is 0.333. The average Bonchev–Trinajstić information content (AvgIpc) is 3.73. The smallest absolute Gasteiger partial charge is 0.267 e. The van der Waals surface area contributed by atoms with E-state index in [0.717, 1.165) is 52.1 Å². The molecule has 2 bridgehead atoms. The number of carbonyl (C=O) groups excluding carboxylic acids is 1. The molecule has 0 radical (unpaired) electrons. The van der Waals surface area contributed by atoms with Crippen LogP contribution in [0.25, 0.3) is 26.8 Å². The maximum atomic E-state index is 13.3. The second-order valence-electron chi connectivity index (χ2n) is 9.60. The fraction of sp³-hybridized carbons (Fsp3) is 0.259. The number of likely N-dealkylation sites (tertiary alicyclic amines) is 1. The minimum absolute atomic E-state index is 0.169. The molecule has 10 heteroatoms. The number of piperazine rings is 1. The summed E-state index contributed by atoms with van der Waals surface area (Å²) in [5.41, 5.74) is 5.36. The first kappa shape index (κ1) is 22.7. The van der Waals surface area contributed by atoms with Gasteiger partial charge < -0.3 is 10.6 Å². The molecule has 0 aliphatic carbocycles. The van der Waals surface area contributed by atoms with Crippen LogP contribution in [0.1, 0.15) is 27.5 Å². The molecule has 37 heavy (non-hydrogen) atoms. The van der Waals surface area contributed by atoms with Gasteiger partial charge in [0, 0.05) is 72.5 Å². The Morgan fingerprint density at radius 2 is 2.14 bits per heavy atom. The lowest BCUT2D eigenvalue weighted by molar-refractivity contribution is 0.103. The van der Waals surface area contributed by atoms with Crippen LogP contribution in [-0.2, 0) is 6.54 Å². The van der Waals surface area contributed by atoms with Crippen molar-refractivity contribution in [3.8, 4) is 21.8 Å². The number of amides is 1. The largest absolute Gasteiger partial charge is 0.321 e. The number of aryl methyl sites for hydroxylation is 1. The summed E-state index contributed by atoms with van der Waals surface area (Å²) in [5, 5.41) is 9.69. The van der Waals surface area contributed by atoms with Crippen molar-refractivity contribution in [2.24, 2.45) is 0 Å². The van der Waals surface area contributed by atoms with Gasteiger partial charge in [0.2, 0.25) is 0 Å². The van der Waals surface area contributed by atoms with E-state index in [1.807, 2.05) is 43.3 Å². The number of para-hydroxylation sites is 1. The van der Waals surface area contributed by atoms with Crippen molar-refractivity contribution < 1.29 is 4.79 Å². The van der Waals surface area contributed by atoms with Gasteiger partial charge in [0.25, 0.3) is 5.91 Å². The van der Waals surface area contributed by atoms with Crippen molar-refractivity contribution in [1.29, 1.82) is 0 Å². The van der Waals surface area contributed by atoms with Crippen LogP contribution in [0.3, 0.4) is 0 Å². The molecule has 186 valence electrons. The van der Waals surface area contributed by atoms with E-state index in [-0.39, 0.29) is 5.91 Å². The summed E-state index contributed by atoms with van der Waals surface area (Å²) in [7, 11) is 0. The van der Waals surface area contributed by atoms with E-state index in [2.05, 4.69) is 41.5 Å². The molecule has 6 heterocycles. The zero-order valence-electron chi connectivity index (χ0n) is 20.2. The van der Waals surface area contributed by atoms with Gasteiger partial charge in [-0.1, -0.05) is 18.2 Å².